The Bertz CT molecular complexity index is 431. The first-order valence-electron chi connectivity index (χ1n) is 7.30. The Hall–Kier alpha value is -1.35. The zero-order chi connectivity index (χ0) is 15.3. The smallest absolute Gasteiger partial charge is 0.224 e. The first-order chi connectivity index (χ1) is 9.23. The molecule has 0 aliphatic carbocycles. The molecule has 2 unspecified atom stereocenters. The molecule has 0 fully saturated rings. The second kappa shape index (κ2) is 6.89. The SMILES string of the molecule is Cc1ccc(C(C)NC(=O)C(CN)CC(C)(C)C)cc1. The number of benzene rings is 1. The van der Waals surface area contributed by atoms with E-state index in [1.165, 1.54) is 5.56 Å². The van der Waals surface area contributed by atoms with Crippen LogP contribution in [0.5, 0.6) is 0 Å². The van der Waals surface area contributed by atoms with Gasteiger partial charge in [-0.2, -0.15) is 0 Å². The molecule has 0 bridgehead atoms. The monoisotopic (exact) mass is 276 g/mol. The average Bonchev–Trinajstić information content (AvgIpc) is 2.35. The molecule has 1 amide bonds. The summed E-state index contributed by atoms with van der Waals surface area (Å²) in [6.07, 6.45) is 0.802. The van der Waals surface area contributed by atoms with Crippen LogP contribution in [0.15, 0.2) is 24.3 Å². The van der Waals surface area contributed by atoms with Crippen LogP contribution in [-0.2, 0) is 4.79 Å². The lowest BCUT2D eigenvalue weighted by Gasteiger charge is -2.26. The van der Waals surface area contributed by atoms with Gasteiger partial charge >= 0.3 is 0 Å². The molecular formula is C17H28N2O. The summed E-state index contributed by atoms with van der Waals surface area (Å²) in [5.41, 5.74) is 8.20. The lowest BCUT2D eigenvalue weighted by Crippen LogP contribution is -2.38. The molecule has 0 aliphatic heterocycles. The van der Waals surface area contributed by atoms with E-state index in [0.29, 0.717) is 6.54 Å². The molecule has 3 heteroatoms. The molecule has 1 aromatic rings. The Balaban J connectivity index is 2.66. The van der Waals surface area contributed by atoms with Gasteiger partial charge in [-0.15, -0.1) is 0 Å². The van der Waals surface area contributed by atoms with Crippen molar-refractivity contribution in [1.82, 2.24) is 5.32 Å². The molecular weight excluding hydrogens is 248 g/mol. The largest absolute Gasteiger partial charge is 0.349 e. The summed E-state index contributed by atoms with van der Waals surface area (Å²) < 4.78 is 0. The lowest BCUT2D eigenvalue weighted by molar-refractivity contribution is -0.126. The fourth-order valence-electron chi connectivity index (χ4n) is 2.29. The van der Waals surface area contributed by atoms with E-state index < -0.39 is 0 Å². The van der Waals surface area contributed by atoms with Gasteiger partial charge in [0, 0.05) is 6.54 Å². The number of nitrogens with one attached hydrogen (secondary N) is 1. The summed E-state index contributed by atoms with van der Waals surface area (Å²) in [5, 5.41) is 3.07. The van der Waals surface area contributed by atoms with Gasteiger partial charge < -0.3 is 11.1 Å². The van der Waals surface area contributed by atoms with Gasteiger partial charge in [0.05, 0.1) is 12.0 Å². The van der Waals surface area contributed by atoms with Gasteiger partial charge in [-0.3, -0.25) is 4.79 Å². The third-order valence-electron chi connectivity index (χ3n) is 3.45. The minimum atomic E-state index is -0.122. The summed E-state index contributed by atoms with van der Waals surface area (Å²) in [4.78, 5) is 12.3. The minimum Gasteiger partial charge on any atom is -0.349 e. The van der Waals surface area contributed by atoms with Gasteiger partial charge in [-0.25, -0.2) is 0 Å². The predicted molar refractivity (Wildman–Crippen MR) is 84.4 cm³/mol. The number of aryl methyl sites for hydroxylation is 1. The van der Waals surface area contributed by atoms with E-state index >= 15 is 0 Å². The van der Waals surface area contributed by atoms with Crippen molar-refractivity contribution < 1.29 is 4.79 Å². The molecule has 0 spiro atoms. The Morgan fingerprint density at radius 2 is 1.80 bits per heavy atom. The van der Waals surface area contributed by atoms with Crippen molar-refractivity contribution in [2.24, 2.45) is 17.1 Å². The quantitative estimate of drug-likeness (QED) is 0.868. The molecule has 1 aromatic carbocycles. The third-order valence-corrected chi connectivity index (χ3v) is 3.45. The van der Waals surface area contributed by atoms with E-state index in [9.17, 15) is 4.79 Å². The number of rotatable bonds is 5. The molecule has 112 valence electrons. The van der Waals surface area contributed by atoms with E-state index in [1.807, 2.05) is 6.92 Å². The van der Waals surface area contributed by atoms with Crippen molar-refractivity contribution in [3.8, 4) is 0 Å². The van der Waals surface area contributed by atoms with Crippen molar-refractivity contribution in [2.45, 2.75) is 47.1 Å². The van der Waals surface area contributed by atoms with Gasteiger partial charge in [-0.05, 0) is 31.2 Å². The summed E-state index contributed by atoms with van der Waals surface area (Å²) in [7, 11) is 0. The Kier molecular flexibility index (Phi) is 5.75. The van der Waals surface area contributed by atoms with Gasteiger partial charge in [0.25, 0.3) is 0 Å². The third kappa shape index (κ3) is 5.33. The van der Waals surface area contributed by atoms with Crippen LogP contribution in [0.2, 0.25) is 0 Å². The predicted octanol–water partition coefficient (Wildman–Crippen LogP) is 3.18. The lowest BCUT2D eigenvalue weighted by atomic mass is 9.84. The van der Waals surface area contributed by atoms with Crippen LogP contribution in [0, 0.1) is 18.3 Å². The molecule has 1 rings (SSSR count). The molecule has 0 aromatic heterocycles. The normalized spacial score (nSPS) is 14.7. The highest BCUT2D eigenvalue weighted by atomic mass is 16.1. The zero-order valence-electron chi connectivity index (χ0n) is 13.4. The van der Waals surface area contributed by atoms with Gasteiger partial charge in [0.1, 0.15) is 0 Å². The van der Waals surface area contributed by atoms with Crippen LogP contribution >= 0.6 is 0 Å². The van der Waals surface area contributed by atoms with Crippen LogP contribution in [0.25, 0.3) is 0 Å². The number of carbonyl (C=O) groups is 1. The van der Waals surface area contributed by atoms with Crippen LogP contribution in [0.4, 0.5) is 0 Å². The van der Waals surface area contributed by atoms with E-state index in [1.54, 1.807) is 0 Å². The molecule has 0 saturated heterocycles. The number of carbonyl (C=O) groups excluding carboxylic acids is 1. The zero-order valence-corrected chi connectivity index (χ0v) is 13.4. The van der Waals surface area contributed by atoms with E-state index in [0.717, 1.165) is 12.0 Å². The second-order valence-electron chi connectivity index (χ2n) is 6.84. The van der Waals surface area contributed by atoms with Crippen molar-refractivity contribution in [2.75, 3.05) is 6.54 Å². The van der Waals surface area contributed by atoms with E-state index in [2.05, 4.69) is 57.3 Å². The maximum atomic E-state index is 12.3. The van der Waals surface area contributed by atoms with Crippen LogP contribution in [-0.4, -0.2) is 12.5 Å². The van der Waals surface area contributed by atoms with E-state index in [4.69, 9.17) is 5.73 Å². The molecule has 3 N–H and O–H groups in total. The van der Waals surface area contributed by atoms with E-state index in [-0.39, 0.29) is 23.3 Å². The van der Waals surface area contributed by atoms with Crippen molar-refractivity contribution in [3.05, 3.63) is 35.4 Å². The Morgan fingerprint density at radius 1 is 1.25 bits per heavy atom. The summed E-state index contributed by atoms with van der Waals surface area (Å²) >= 11 is 0. The number of nitrogens with two attached hydrogens (primary N) is 1. The van der Waals surface area contributed by atoms with Gasteiger partial charge in [0.15, 0.2) is 0 Å². The van der Waals surface area contributed by atoms with Crippen molar-refractivity contribution >= 4 is 5.91 Å². The molecule has 0 aliphatic rings. The maximum absolute atomic E-state index is 12.3. The first kappa shape index (κ1) is 16.7. The average molecular weight is 276 g/mol. The van der Waals surface area contributed by atoms with Crippen LogP contribution < -0.4 is 11.1 Å². The number of hydrogen-bond acceptors (Lipinski definition) is 2. The highest BCUT2D eigenvalue weighted by Gasteiger charge is 2.24. The maximum Gasteiger partial charge on any atom is 0.224 e. The fourth-order valence-corrected chi connectivity index (χ4v) is 2.29. The molecule has 20 heavy (non-hydrogen) atoms. The number of hydrogen-bond donors (Lipinski definition) is 2. The molecule has 0 saturated carbocycles. The Labute approximate surface area is 122 Å². The van der Waals surface area contributed by atoms with Crippen LogP contribution in [0.3, 0.4) is 0 Å². The minimum absolute atomic E-state index is 0.0112. The molecule has 3 nitrogen and oxygen atoms in total. The molecule has 0 heterocycles. The van der Waals surface area contributed by atoms with Crippen molar-refractivity contribution in [3.63, 3.8) is 0 Å². The fraction of sp³-hybridized carbons (Fsp3) is 0.588. The molecule has 2 atom stereocenters. The summed E-state index contributed by atoms with van der Waals surface area (Å²) in [6.45, 7) is 10.8. The Morgan fingerprint density at radius 3 is 2.25 bits per heavy atom. The highest BCUT2D eigenvalue weighted by Crippen LogP contribution is 2.24. The van der Waals surface area contributed by atoms with Gasteiger partial charge in [-0.1, -0.05) is 50.6 Å². The van der Waals surface area contributed by atoms with Crippen LogP contribution in [0.1, 0.15) is 51.3 Å². The standard InChI is InChI=1S/C17H28N2O/c1-12-6-8-14(9-7-12)13(2)19-16(20)15(11-18)10-17(3,4)5/h6-9,13,15H,10-11,18H2,1-5H3,(H,19,20). The summed E-state index contributed by atoms with van der Waals surface area (Å²) in [6, 6.07) is 8.25. The molecule has 0 radical (unpaired) electrons. The number of amides is 1. The topological polar surface area (TPSA) is 55.1 Å². The highest BCUT2D eigenvalue weighted by molar-refractivity contribution is 5.79. The van der Waals surface area contributed by atoms with Gasteiger partial charge in [0.2, 0.25) is 5.91 Å². The summed E-state index contributed by atoms with van der Waals surface area (Å²) in [5.74, 6) is -0.0709. The second-order valence-corrected chi connectivity index (χ2v) is 6.84. The first-order valence-corrected chi connectivity index (χ1v) is 7.30. The van der Waals surface area contributed by atoms with Crippen molar-refractivity contribution in [1.29, 1.82) is 0 Å².